The third-order valence-corrected chi connectivity index (χ3v) is 3.03. The van der Waals surface area contributed by atoms with Gasteiger partial charge in [-0.3, -0.25) is 4.79 Å². The van der Waals surface area contributed by atoms with Gasteiger partial charge in [0.1, 0.15) is 5.75 Å². The van der Waals surface area contributed by atoms with Crippen molar-refractivity contribution in [2.24, 2.45) is 16.6 Å². The van der Waals surface area contributed by atoms with E-state index in [1.165, 1.54) is 0 Å². The third kappa shape index (κ3) is 5.70. The van der Waals surface area contributed by atoms with Crippen LogP contribution in [0.25, 0.3) is 0 Å². The van der Waals surface area contributed by atoms with E-state index in [2.05, 4.69) is 10.5 Å². The van der Waals surface area contributed by atoms with Gasteiger partial charge in [-0.1, -0.05) is 5.16 Å². The van der Waals surface area contributed by atoms with Gasteiger partial charge >= 0.3 is 0 Å². The van der Waals surface area contributed by atoms with Gasteiger partial charge in [-0.05, 0) is 37.6 Å². The number of hydrogen-bond donors (Lipinski definition) is 4. The molecule has 0 aliphatic rings. The summed E-state index contributed by atoms with van der Waals surface area (Å²) in [6.45, 7) is 1.36. The predicted octanol–water partition coefficient (Wildman–Crippen LogP) is 0.535. The summed E-state index contributed by atoms with van der Waals surface area (Å²) in [7, 11) is 1.59. The van der Waals surface area contributed by atoms with E-state index in [4.69, 9.17) is 21.4 Å². The van der Waals surface area contributed by atoms with Crippen molar-refractivity contribution in [1.82, 2.24) is 5.32 Å². The zero-order valence-corrected chi connectivity index (χ0v) is 12.1. The van der Waals surface area contributed by atoms with Gasteiger partial charge in [0, 0.05) is 24.1 Å². The van der Waals surface area contributed by atoms with E-state index in [0.29, 0.717) is 18.5 Å². The number of rotatable bonds is 9. The Kier molecular flexibility index (Phi) is 7.03. The van der Waals surface area contributed by atoms with Crippen molar-refractivity contribution in [2.75, 3.05) is 13.7 Å². The first-order valence-corrected chi connectivity index (χ1v) is 6.72. The first kappa shape index (κ1) is 16.8. The van der Waals surface area contributed by atoms with Crippen LogP contribution in [-0.2, 0) is 11.3 Å². The molecule has 0 radical (unpaired) electrons. The number of amides is 1. The van der Waals surface area contributed by atoms with Crippen molar-refractivity contribution < 1.29 is 14.7 Å². The first-order chi connectivity index (χ1) is 10.1. The van der Waals surface area contributed by atoms with Crippen molar-refractivity contribution in [3.05, 3.63) is 29.3 Å². The number of nitrogens with two attached hydrogens (primary N) is 2. The summed E-state index contributed by atoms with van der Waals surface area (Å²) in [5, 5.41) is 14.9. The average molecular weight is 294 g/mol. The Morgan fingerprint density at radius 1 is 1.38 bits per heavy atom. The van der Waals surface area contributed by atoms with Gasteiger partial charge in [0.25, 0.3) is 0 Å². The second kappa shape index (κ2) is 8.80. The molecule has 1 amide bonds. The van der Waals surface area contributed by atoms with Gasteiger partial charge in [-0.2, -0.15) is 0 Å². The monoisotopic (exact) mass is 294 g/mol. The molecule has 0 saturated carbocycles. The molecule has 0 saturated heterocycles. The van der Waals surface area contributed by atoms with Crippen LogP contribution in [0.2, 0.25) is 0 Å². The van der Waals surface area contributed by atoms with E-state index in [1.807, 2.05) is 6.07 Å². The lowest BCUT2D eigenvalue weighted by molar-refractivity contribution is -0.118. The molecule has 7 nitrogen and oxygen atoms in total. The number of methoxy groups -OCH3 is 1. The Morgan fingerprint density at radius 3 is 2.76 bits per heavy atom. The molecule has 0 aliphatic heterocycles. The van der Waals surface area contributed by atoms with Crippen molar-refractivity contribution in [1.29, 1.82) is 0 Å². The lowest BCUT2D eigenvalue weighted by Gasteiger charge is -2.11. The second-order valence-corrected chi connectivity index (χ2v) is 4.61. The Bertz CT molecular complexity index is 503. The Morgan fingerprint density at radius 2 is 2.14 bits per heavy atom. The molecule has 0 bridgehead atoms. The maximum Gasteiger partial charge on any atom is 0.217 e. The molecule has 116 valence electrons. The first-order valence-electron chi connectivity index (χ1n) is 6.72. The molecule has 1 aromatic rings. The maximum atomic E-state index is 10.6. The highest BCUT2D eigenvalue weighted by atomic mass is 16.5. The molecular formula is C14H22N4O3. The van der Waals surface area contributed by atoms with Gasteiger partial charge in [0.05, 0.1) is 7.11 Å². The third-order valence-electron chi connectivity index (χ3n) is 3.03. The summed E-state index contributed by atoms with van der Waals surface area (Å²) in [6.07, 6.45) is 2.04. The van der Waals surface area contributed by atoms with Crippen molar-refractivity contribution in [2.45, 2.75) is 25.8 Å². The Balaban J connectivity index is 2.54. The number of unbranched alkanes of at least 4 members (excludes halogenated alkanes) is 1. The van der Waals surface area contributed by atoms with Crippen molar-refractivity contribution in [3.8, 4) is 5.75 Å². The molecule has 6 N–H and O–H groups in total. The van der Waals surface area contributed by atoms with E-state index in [9.17, 15) is 4.79 Å². The van der Waals surface area contributed by atoms with Crippen LogP contribution in [0.15, 0.2) is 23.4 Å². The highest BCUT2D eigenvalue weighted by Gasteiger charge is 2.07. The van der Waals surface area contributed by atoms with Crippen LogP contribution in [0.4, 0.5) is 0 Å². The lowest BCUT2D eigenvalue weighted by atomic mass is 10.1. The minimum atomic E-state index is -0.275. The standard InChI is InChI=1S/C14H22N4O3/c1-21-12-6-5-10(14(16)18-20)8-11(12)9-17-7-3-2-4-13(15)19/h5-6,8,17,20H,2-4,7,9H2,1H3,(H2,15,19)(H2,16,18). The zero-order valence-electron chi connectivity index (χ0n) is 12.1. The number of hydrogen-bond acceptors (Lipinski definition) is 5. The van der Waals surface area contributed by atoms with Crippen LogP contribution in [0.1, 0.15) is 30.4 Å². The largest absolute Gasteiger partial charge is 0.496 e. The number of carbonyl (C=O) groups excluding carboxylic acids is 1. The molecule has 0 atom stereocenters. The van der Waals surface area contributed by atoms with Crippen LogP contribution in [0, 0.1) is 0 Å². The SMILES string of the molecule is COc1ccc(/C(N)=N/O)cc1CNCCCCC(N)=O. The number of oxime groups is 1. The fourth-order valence-corrected chi connectivity index (χ4v) is 1.91. The average Bonchev–Trinajstić information content (AvgIpc) is 2.49. The van der Waals surface area contributed by atoms with E-state index >= 15 is 0 Å². The summed E-state index contributed by atoms with van der Waals surface area (Å²) >= 11 is 0. The highest BCUT2D eigenvalue weighted by Crippen LogP contribution is 2.19. The van der Waals surface area contributed by atoms with Gasteiger partial charge in [-0.15, -0.1) is 0 Å². The molecule has 0 fully saturated rings. The van der Waals surface area contributed by atoms with Crippen LogP contribution in [0.5, 0.6) is 5.75 Å². The number of nitrogens with one attached hydrogen (secondary N) is 1. The number of primary amides is 1. The summed E-state index contributed by atoms with van der Waals surface area (Å²) in [5.41, 5.74) is 12.2. The normalized spacial score (nSPS) is 11.4. The fraction of sp³-hybridized carbons (Fsp3) is 0.429. The number of nitrogens with zero attached hydrogens (tertiary/aromatic N) is 1. The fourth-order valence-electron chi connectivity index (χ4n) is 1.91. The number of ether oxygens (including phenoxy) is 1. The summed E-state index contributed by atoms with van der Waals surface area (Å²) < 4.78 is 5.28. The Labute approximate surface area is 123 Å². The minimum Gasteiger partial charge on any atom is -0.496 e. The van der Waals surface area contributed by atoms with Gasteiger partial charge < -0.3 is 26.7 Å². The topological polar surface area (TPSA) is 123 Å². The molecular weight excluding hydrogens is 272 g/mol. The van der Waals surface area contributed by atoms with E-state index < -0.39 is 0 Å². The second-order valence-electron chi connectivity index (χ2n) is 4.61. The molecule has 0 unspecified atom stereocenters. The maximum absolute atomic E-state index is 10.6. The van der Waals surface area contributed by atoms with Crippen molar-refractivity contribution >= 4 is 11.7 Å². The van der Waals surface area contributed by atoms with Crippen LogP contribution >= 0.6 is 0 Å². The van der Waals surface area contributed by atoms with Gasteiger partial charge in [-0.25, -0.2) is 0 Å². The van der Waals surface area contributed by atoms with Crippen LogP contribution in [0.3, 0.4) is 0 Å². The van der Waals surface area contributed by atoms with Crippen LogP contribution < -0.4 is 21.5 Å². The molecule has 21 heavy (non-hydrogen) atoms. The van der Waals surface area contributed by atoms with Crippen molar-refractivity contribution in [3.63, 3.8) is 0 Å². The van der Waals surface area contributed by atoms with E-state index in [1.54, 1.807) is 19.2 Å². The number of benzene rings is 1. The summed E-state index contributed by atoms with van der Waals surface area (Å²) in [6, 6.07) is 5.31. The molecule has 0 aromatic heterocycles. The van der Waals surface area contributed by atoms with E-state index in [-0.39, 0.29) is 11.7 Å². The molecule has 0 aliphatic carbocycles. The molecule has 1 aromatic carbocycles. The Hall–Kier alpha value is -2.28. The zero-order chi connectivity index (χ0) is 15.7. The molecule has 0 spiro atoms. The summed E-state index contributed by atoms with van der Waals surface area (Å²) in [4.78, 5) is 10.6. The minimum absolute atomic E-state index is 0.0559. The highest BCUT2D eigenvalue weighted by molar-refractivity contribution is 5.97. The predicted molar refractivity (Wildman–Crippen MR) is 80.3 cm³/mol. The molecule has 0 heterocycles. The quantitative estimate of drug-likeness (QED) is 0.174. The van der Waals surface area contributed by atoms with Gasteiger partial charge in [0.15, 0.2) is 5.84 Å². The molecule has 1 rings (SSSR count). The van der Waals surface area contributed by atoms with Gasteiger partial charge in [0.2, 0.25) is 5.91 Å². The van der Waals surface area contributed by atoms with E-state index in [0.717, 1.165) is 30.7 Å². The number of amidine groups is 1. The molecule has 7 heteroatoms. The van der Waals surface area contributed by atoms with Crippen LogP contribution in [-0.4, -0.2) is 30.6 Å². The lowest BCUT2D eigenvalue weighted by Crippen LogP contribution is -2.18. The smallest absolute Gasteiger partial charge is 0.217 e. The summed E-state index contributed by atoms with van der Waals surface area (Å²) in [5.74, 6) is 0.512. The number of carbonyl (C=O) groups is 1.